The van der Waals surface area contributed by atoms with Crippen molar-refractivity contribution in [2.75, 3.05) is 19.0 Å². The van der Waals surface area contributed by atoms with Crippen LogP contribution in [-0.2, 0) is 14.3 Å². The maximum Gasteiger partial charge on any atom is 0.411 e. The number of methoxy groups -OCH3 is 1. The zero-order valence-electron chi connectivity index (χ0n) is 17.0. The maximum absolute atomic E-state index is 13.1. The summed E-state index contributed by atoms with van der Waals surface area (Å²) in [5.41, 5.74) is -0.0491. The molecule has 0 spiro atoms. The fraction of sp³-hybridized carbons (Fsp3) is 0.500. The lowest BCUT2D eigenvalue weighted by molar-refractivity contribution is -0.138. The van der Waals surface area contributed by atoms with Crippen LogP contribution in [0.5, 0.6) is 0 Å². The van der Waals surface area contributed by atoms with Gasteiger partial charge in [-0.2, -0.15) is 0 Å². The minimum absolute atomic E-state index is 0.114. The minimum atomic E-state index is -0.834. The van der Waals surface area contributed by atoms with Gasteiger partial charge in [-0.15, -0.1) is 0 Å². The number of carbonyl (C=O) groups is 4. The van der Waals surface area contributed by atoms with E-state index in [1.54, 1.807) is 0 Å². The first-order valence-corrected chi connectivity index (χ1v) is 9.67. The molecule has 1 aromatic rings. The molecule has 2 rings (SSSR count). The monoisotopic (exact) mass is 423 g/mol. The van der Waals surface area contributed by atoms with Crippen molar-refractivity contribution in [2.45, 2.75) is 45.7 Å². The van der Waals surface area contributed by atoms with E-state index in [1.165, 1.54) is 30.2 Å². The van der Waals surface area contributed by atoms with Gasteiger partial charge >= 0.3 is 6.09 Å². The van der Waals surface area contributed by atoms with Gasteiger partial charge in [-0.3, -0.25) is 14.9 Å². The highest BCUT2D eigenvalue weighted by Crippen LogP contribution is 2.27. The maximum atomic E-state index is 13.1. The van der Waals surface area contributed by atoms with Crippen molar-refractivity contribution in [3.63, 3.8) is 0 Å². The number of anilines is 1. The van der Waals surface area contributed by atoms with Gasteiger partial charge < -0.3 is 19.7 Å². The number of hydrogen-bond acceptors (Lipinski definition) is 5. The summed E-state index contributed by atoms with van der Waals surface area (Å²) < 4.78 is 4.52. The summed E-state index contributed by atoms with van der Waals surface area (Å²) in [4.78, 5) is 50.0. The molecule has 0 aliphatic carbocycles. The van der Waals surface area contributed by atoms with Crippen LogP contribution < -0.4 is 10.6 Å². The predicted molar refractivity (Wildman–Crippen MR) is 109 cm³/mol. The molecule has 1 aromatic carbocycles. The second kappa shape index (κ2) is 9.26. The number of nitrogens with one attached hydrogen (secondary N) is 2. The zero-order valence-corrected chi connectivity index (χ0v) is 17.7. The molecule has 1 heterocycles. The number of rotatable bonds is 5. The number of carbonyl (C=O) groups excluding carboxylic acids is 4. The van der Waals surface area contributed by atoms with Crippen molar-refractivity contribution >= 4 is 41.5 Å². The van der Waals surface area contributed by atoms with Gasteiger partial charge in [0.15, 0.2) is 0 Å². The molecule has 1 aliphatic heterocycles. The van der Waals surface area contributed by atoms with Gasteiger partial charge in [-0.1, -0.05) is 32.4 Å². The van der Waals surface area contributed by atoms with E-state index in [2.05, 4.69) is 15.4 Å². The number of hydrogen-bond donors (Lipinski definition) is 2. The normalized spacial score (nSPS) is 17.4. The standard InChI is InChI=1S/C20H26ClN3O5/c1-20(2,3)16(18(27)24-9-5-6-13(24)11-25)23-17(26)14-8-7-12(10-15(14)21)22-19(28)29-4/h7-8,10-11,13,16H,5-6,9H2,1-4H3,(H,22,28)(H,23,26)/t13-,16+/m0/s1. The van der Waals surface area contributed by atoms with Crippen LogP contribution in [0.15, 0.2) is 18.2 Å². The second-order valence-electron chi connectivity index (χ2n) is 7.96. The molecule has 2 atom stereocenters. The summed E-state index contributed by atoms with van der Waals surface area (Å²) in [6, 6.07) is 3.09. The molecule has 0 saturated carbocycles. The molecule has 1 aliphatic rings. The first kappa shape index (κ1) is 22.7. The van der Waals surface area contributed by atoms with Crippen molar-refractivity contribution in [1.29, 1.82) is 0 Å². The fourth-order valence-corrected chi connectivity index (χ4v) is 3.44. The Bertz CT molecular complexity index is 806. The molecule has 1 saturated heterocycles. The number of ether oxygens (including phenoxy) is 1. The highest BCUT2D eigenvalue weighted by atomic mass is 35.5. The van der Waals surface area contributed by atoms with Crippen molar-refractivity contribution in [2.24, 2.45) is 5.41 Å². The fourth-order valence-electron chi connectivity index (χ4n) is 3.18. The molecule has 0 bridgehead atoms. The molecule has 0 radical (unpaired) electrons. The largest absolute Gasteiger partial charge is 0.453 e. The Morgan fingerprint density at radius 2 is 2.00 bits per heavy atom. The van der Waals surface area contributed by atoms with E-state index in [0.717, 1.165) is 12.7 Å². The molecule has 9 heteroatoms. The lowest BCUT2D eigenvalue weighted by Gasteiger charge is -2.34. The van der Waals surface area contributed by atoms with Crippen LogP contribution in [-0.4, -0.2) is 54.8 Å². The number of halogens is 1. The summed E-state index contributed by atoms with van der Waals surface area (Å²) in [6.45, 7) is 6.01. The van der Waals surface area contributed by atoms with E-state index in [-0.39, 0.29) is 16.5 Å². The highest BCUT2D eigenvalue weighted by molar-refractivity contribution is 6.34. The molecule has 3 amide bonds. The molecule has 1 fully saturated rings. The molecule has 0 aromatic heterocycles. The van der Waals surface area contributed by atoms with E-state index in [0.29, 0.717) is 18.7 Å². The Morgan fingerprint density at radius 3 is 2.55 bits per heavy atom. The summed E-state index contributed by atoms with van der Waals surface area (Å²) in [5.74, 6) is -0.810. The Balaban J connectivity index is 2.21. The first-order chi connectivity index (χ1) is 13.6. The van der Waals surface area contributed by atoms with Crippen LogP contribution in [0.25, 0.3) is 0 Å². The van der Waals surface area contributed by atoms with Crippen LogP contribution in [0.3, 0.4) is 0 Å². The zero-order chi connectivity index (χ0) is 21.8. The van der Waals surface area contributed by atoms with Crippen LogP contribution in [0.4, 0.5) is 10.5 Å². The van der Waals surface area contributed by atoms with Crippen LogP contribution in [0.1, 0.15) is 44.0 Å². The van der Waals surface area contributed by atoms with Crippen molar-refractivity contribution in [3.05, 3.63) is 28.8 Å². The summed E-state index contributed by atoms with van der Waals surface area (Å²) in [5, 5.41) is 5.34. The van der Waals surface area contributed by atoms with E-state index in [4.69, 9.17) is 11.6 Å². The van der Waals surface area contributed by atoms with E-state index < -0.39 is 29.5 Å². The average Bonchev–Trinajstić information content (AvgIpc) is 3.13. The molecule has 158 valence electrons. The molecule has 29 heavy (non-hydrogen) atoms. The first-order valence-electron chi connectivity index (χ1n) is 9.29. The number of aldehydes is 1. The second-order valence-corrected chi connectivity index (χ2v) is 8.37. The Morgan fingerprint density at radius 1 is 1.31 bits per heavy atom. The van der Waals surface area contributed by atoms with Gasteiger partial charge in [0, 0.05) is 12.2 Å². The van der Waals surface area contributed by atoms with Crippen LogP contribution in [0.2, 0.25) is 5.02 Å². The van der Waals surface area contributed by atoms with Gasteiger partial charge in [0.25, 0.3) is 5.91 Å². The van der Waals surface area contributed by atoms with Crippen LogP contribution >= 0.6 is 11.6 Å². The number of likely N-dealkylation sites (tertiary alicyclic amines) is 1. The highest BCUT2D eigenvalue weighted by Gasteiger charge is 2.39. The number of benzene rings is 1. The lowest BCUT2D eigenvalue weighted by atomic mass is 9.85. The van der Waals surface area contributed by atoms with Gasteiger partial charge in [-0.05, 0) is 36.5 Å². The van der Waals surface area contributed by atoms with Crippen molar-refractivity contribution in [3.8, 4) is 0 Å². The van der Waals surface area contributed by atoms with E-state index in [1.807, 2.05) is 20.8 Å². The van der Waals surface area contributed by atoms with Crippen LogP contribution in [0, 0.1) is 5.41 Å². The molecular formula is C20H26ClN3O5. The van der Waals surface area contributed by atoms with E-state index >= 15 is 0 Å². The third-order valence-corrected chi connectivity index (χ3v) is 5.09. The SMILES string of the molecule is COC(=O)Nc1ccc(C(=O)N[C@H](C(=O)N2CCC[C@H]2C=O)C(C)(C)C)c(Cl)c1. The molecular weight excluding hydrogens is 398 g/mol. The molecule has 2 N–H and O–H groups in total. The predicted octanol–water partition coefficient (Wildman–Crippen LogP) is 2.85. The van der Waals surface area contributed by atoms with Gasteiger partial charge in [0.1, 0.15) is 12.3 Å². The topological polar surface area (TPSA) is 105 Å². The average molecular weight is 424 g/mol. The Kier molecular flexibility index (Phi) is 7.24. The van der Waals surface area contributed by atoms with Crippen molar-refractivity contribution < 1.29 is 23.9 Å². The van der Waals surface area contributed by atoms with Crippen molar-refractivity contribution in [1.82, 2.24) is 10.2 Å². The number of nitrogens with zero attached hydrogens (tertiary/aromatic N) is 1. The lowest BCUT2D eigenvalue weighted by Crippen LogP contribution is -2.55. The molecule has 8 nitrogen and oxygen atoms in total. The number of amides is 3. The minimum Gasteiger partial charge on any atom is -0.453 e. The quantitative estimate of drug-likeness (QED) is 0.708. The smallest absolute Gasteiger partial charge is 0.411 e. The van der Waals surface area contributed by atoms with Gasteiger partial charge in [0.2, 0.25) is 5.91 Å². The summed E-state index contributed by atoms with van der Waals surface area (Å²) in [7, 11) is 1.23. The Labute approximate surface area is 174 Å². The van der Waals surface area contributed by atoms with E-state index in [9.17, 15) is 19.2 Å². The summed E-state index contributed by atoms with van der Waals surface area (Å²) in [6.07, 6.45) is 1.49. The third kappa shape index (κ3) is 5.47. The molecule has 0 unspecified atom stereocenters. The summed E-state index contributed by atoms with van der Waals surface area (Å²) >= 11 is 6.21. The third-order valence-electron chi connectivity index (χ3n) is 4.77. The Hall–Kier alpha value is -2.61. The van der Waals surface area contributed by atoms with Gasteiger partial charge in [-0.25, -0.2) is 4.79 Å². The van der Waals surface area contributed by atoms with Gasteiger partial charge in [0.05, 0.1) is 23.7 Å².